The Morgan fingerprint density at radius 3 is 2.36 bits per heavy atom. The van der Waals surface area contributed by atoms with E-state index in [0.29, 0.717) is 16.3 Å². The van der Waals surface area contributed by atoms with Crippen molar-refractivity contribution in [2.24, 2.45) is 0 Å². The first-order valence-corrected chi connectivity index (χ1v) is 10.6. The molecule has 0 aliphatic rings. The maximum atomic E-state index is 12.9. The van der Waals surface area contributed by atoms with Crippen LogP contribution in [0.1, 0.15) is 18.9 Å². The minimum absolute atomic E-state index is 0.174. The summed E-state index contributed by atoms with van der Waals surface area (Å²) in [6, 6.07) is 9.13. The summed E-state index contributed by atoms with van der Waals surface area (Å²) in [6.45, 7) is 3.37. The molecular weight excluding hydrogens is 406 g/mol. The van der Waals surface area contributed by atoms with Crippen molar-refractivity contribution < 1.29 is 18.1 Å². The number of halogens is 1. The summed E-state index contributed by atoms with van der Waals surface area (Å²) in [7, 11) is -3.79. The van der Waals surface area contributed by atoms with Gasteiger partial charge in [0.15, 0.2) is 0 Å². The first kappa shape index (κ1) is 21.6. The second kappa shape index (κ2) is 8.57. The Bertz CT molecular complexity index is 993. The molecule has 10 heteroatoms. The van der Waals surface area contributed by atoms with Gasteiger partial charge in [-0.05, 0) is 43.2 Å². The molecule has 0 heterocycles. The Kier molecular flexibility index (Phi) is 6.63. The molecule has 0 radical (unpaired) electrons. The third-order valence-electron chi connectivity index (χ3n) is 4.10. The van der Waals surface area contributed by atoms with Gasteiger partial charge in [-0.25, -0.2) is 8.42 Å². The van der Waals surface area contributed by atoms with Gasteiger partial charge in [0.2, 0.25) is 15.9 Å². The van der Waals surface area contributed by atoms with Crippen molar-refractivity contribution in [3.8, 4) is 0 Å². The van der Waals surface area contributed by atoms with E-state index in [-0.39, 0.29) is 17.8 Å². The Labute approximate surface area is 168 Å². The van der Waals surface area contributed by atoms with Crippen LogP contribution in [0.5, 0.6) is 0 Å². The van der Waals surface area contributed by atoms with E-state index >= 15 is 0 Å². The summed E-state index contributed by atoms with van der Waals surface area (Å²) >= 11 is 5.87. The average molecular weight is 426 g/mol. The molecule has 2 aromatic carbocycles. The van der Waals surface area contributed by atoms with Crippen LogP contribution in [0.15, 0.2) is 42.5 Å². The summed E-state index contributed by atoms with van der Waals surface area (Å²) in [4.78, 5) is 23.3. The molecule has 0 aliphatic carbocycles. The number of nitro groups is 1. The number of aryl methyl sites for hydroxylation is 1. The van der Waals surface area contributed by atoms with Crippen molar-refractivity contribution >= 4 is 44.6 Å². The van der Waals surface area contributed by atoms with Crippen LogP contribution in [0.4, 0.5) is 17.1 Å². The third-order valence-corrected chi connectivity index (χ3v) is 5.53. The van der Waals surface area contributed by atoms with Gasteiger partial charge < -0.3 is 5.32 Å². The predicted octanol–water partition coefficient (Wildman–Crippen LogP) is 3.74. The van der Waals surface area contributed by atoms with E-state index in [0.717, 1.165) is 10.6 Å². The zero-order chi connectivity index (χ0) is 21.1. The minimum atomic E-state index is -3.79. The van der Waals surface area contributed by atoms with Crippen LogP contribution in [-0.2, 0) is 14.8 Å². The van der Waals surface area contributed by atoms with Gasteiger partial charge in [-0.3, -0.25) is 19.2 Å². The van der Waals surface area contributed by atoms with Crippen LogP contribution in [0, 0.1) is 17.0 Å². The van der Waals surface area contributed by atoms with E-state index in [2.05, 4.69) is 5.32 Å². The highest BCUT2D eigenvalue weighted by Crippen LogP contribution is 2.26. The number of nitrogens with zero attached hydrogens (tertiary/aromatic N) is 2. The summed E-state index contributed by atoms with van der Waals surface area (Å²) in [5.41, 5.74) is 0.990. The lowest BCUT2D eigenvalue weighted by Crippen LogP contribution is -2.47. The number of rotatable bonds is 7. The molecule has 0 aromatic heterocycles. The van der Waals surface area contributed by atoms with Crippen molar-refractivity contribution in [3.05, 3.63) is 63.2 Å². The molecule has 28 heavy (non-hydrogen) atoms. The number of non-ortho nitro benzene ring substituents is 1. The number of anilines is 2. The fourth-order valence-corrected chi connectivity index (χ4v) is 4.06. The van der Waals surface area contributed by atoms with Crippen molar-refractivity contribution in [2.75, 3.05) is 15.9 Å². The number of nitrogens with one attached hydrogen (secondary N) is 1. The Hall–Kier alpha value is -2.65. The van der Waals surface area contributed by atoms with Gasteiger partial charge in [0.25, 0.3) is 5.69 Å². The van der Waals surface area contributed by atoms with E-state index in [9.17, 15) is 23.3 Å². The molecule has 8 nitrogen and oxygen atoms in total. The van der Waals surface area contributed by atoms with E-state index < -0.39 is 26.9 Å². The predicted molar refractivity (Wildman–Crippen MR) is 109 cm³/mol. The summed E-state index contributed by atoms with van der Waals surface area (Å²) in [6.07, 6.45) is 1.20. The number of benzene rings is 2. The van der Waals surface area contributed by atoms with Gasteiger partial charge in [-0.15, -0.1) is 0 Å². The second-order valence-corrected chi connectivity index (χ2v) is 8.50. The number of hydrogen-bond acceptors (Lipinski definition) is 5. The quantitative estimate of drug-likeness (QED) is 0.536. The van der Waals surface area contributed by atoms with Crippen molar-refractivity contribution in [3.63, 3.8) is 0 Å². The molecule has 2 rings (SSSR count). The summed E-state index contributed by atoms with van der Waals surface area (Å²) < 4.78 is 25.8. The van der Waals surface area contributed by atoms with Gasteiger partial charge in [-0.2, -0.15) is 0 Å². The molecular formula is C18H20ClN3O5S. The first-order chi connectivity index (χ1) is 13.0. The van der Waals surface area contributed by atoms with Gasteiger partial charge in [0.05, 0.1) is 22.6 Å². The first-order valence-electron chi connectivity index (χ1n) is 8.35. The highest BCUT2D eigenvalue weighted by Gasteiger charge is 2.31. The van der Waals surface area contributed by atoms with E-state index in [1.807, 2.05) is 0 Å². The third kappa shape index (κ3) is 4.99. The van der Waals surface area contributed by atoms with Gasteiger partial charge in [0, 0.05) is 17.2 Å². The number of carbonyl (C=O) groups is 1. The second-order valence-electron chi connectivity index (χ2n) is 6.20. The largest absolute Gasteiger partial charge is 0.324 e. The smallest absolute Gasteiger partial charge is 0.271 e. The number of hydrogen-bond donors (Lipinski definition) is 1. The molecule has 0 saturated carbocycles. The molecule has 150 valence electrons. The fraction of sp³-hybridized carbons (Fsp3) is 0.278. The monoisotopic (exact) mass is 425 g/mol. The Morgan fingerprint density at radius 1 is 1.25 bits per heavy atom. The molecule has 0 aliphatic heterocycles. The lowest BCUT2D eigenvalue weighted by molar-refractivity contribution is -0.384. The molecule has 2 aromatic rings. The highest BCUT2D eigenvalue weighted by atomic mass is 35.5. The number of sulfonamides is 1. The number of carbonyl (C=O) groups excluding carboxylic acids is 1. The van der Waals surface area contributed by atoms with E-state index in [1.54, 1.807) is 13.8 Å². The highest BCUT2D eigenvalue weighted by molar-refractivity contribution is 7.92. The van der Waals surface area contributed by atoms with Gasteiger partial charge in [-0.1, -0.05) is 24.6 Å². The normalized spacial score (nSPS) is 12.3. The molecule has 0 unspecified atom stereocenters. The molecule has 0 fully saturated rings. The van der Waals surface area contributed by atoms with Crippen LogP contribution < -0.4 is 9.62 Å². The molecule has 1 atom stereocenters. The zero-order valence-electron chi connectivity index (χ0n) is 15.5. The molecule has 1 amide bonds. The minimum Gasteiger partial charge on any atom is -0.324 e. The van der Waals surface area contributed by atoms with Gasteiger partial charge >= 0.3 is 0 Å². The van der Waals surface area contributed by atoms with Crippen LogP contribution in [-0.4, -0.2) is 31.5 Å². The molecule has 0 bridgehead atoms. The molecule has 0 saturated heterocycles. The van der Waals surface area contributed by atoms with E-state index in [1.165, 1.54) is 42.5 Å². The topological polar surface area (TPSA) is 110 Å². The summed E-state index contributed by atoms with van der Waals surface area (Å²) in [5, 5.41) is 14.0. The van der Waals surface area contributed by atoms with Crippen LogP contribution in [0.25, 0.3) is 0 Å². The fourth-order valence-electron chi connectivity index (χ4n) is 2.72. The Balaban J connectivity index is 2.41. The standard InChI is InChI=1S/C18H20ClN3O5S/c1-4-17(21(28(3,26)27)14-9-6-13(19)7-10-14)18(23)20-16-11-15(22(24)25)8-5-12(16)2/h5-11,17H,4H2,1-3H3,(H,20,23)/t17-/m1/s1. The summed E-state index contributed by atoms with van der Waals surface area (Å²) in [5.74, 6) is -0.591. The number of nitro benzene ring substituents is 1. The van der Waals surface area contributed by atoms with Crippen molar-refractivity contribution in [2.45, 2.75) is 26.3 Å². The SMILES string of the molecule is CC[C@H](C(=O)Nc1cc([N+](=O)[O-])ccc1C)N(c1ccc(Cl)cc1)S(C)(=O)=O. The maximum Gasteiger partial charge on any atom is 0.271 e. The van der Waals surface area contributed by atoms with Crippen LogP contribution >= 0.6 is 11.6 Å². The van der Waals surface area contributed by atoms with Gasteiger partial charge in [0.1, 0.15) is 6.04 Å². The maximum absolute atomic E-state index is 12.9. The molecule has 0 spiro atoms. The lowest BCUT2D eigenvalue weighted by Gasteiger charge is -2.30. The number of amides is 1. The van der Waals surface area contributed by atoms with Crippen molar-refractivity contribution in [1.82, 2.24) is 0 Å². The zero-order valence-corrected chi connectivity index (χ0v) is 17.1. The van der Waals surface area contributed by atoms with Crippen molar-refractivity contribution in [1.29, 1.82) is 0 Å². The molecule has 1 N–H and O–H groups in total. The van der Waals surface area contributed by atoms with E-state index in [4.69, 9.17) is 11.6 Å². The van der Waals surface area contributed by atoms with Crippen LogP contribution in [0.2, 0.25) is 5.02 Å². The lowest BCUT2D eigenvalue weighted by atomic mass is 10.1. The van der Waals surface area contributed by atoms with Crippen LogP contribution in [0.3, 0.4) is 0 Å². The average Bonchev–Trinajstić information content (AvgIpc) is 2.61. The Morgan fingerprint density at radius 2 is 1.86 bits per heavy atom.